The second-order valence-electron chi connectivity index (χ2n) is 6.25. The molecule has 0 radical (unpaired) electrons. The predicted octanol–water partition coefficient (Wildman–Crippen LogP) is -0.190. The lowest BCUT2D eigenvalue weighted by atomic mass is 10.3. The Balaban J connectivity index is 2.32. The first-order chi connectivity index (χ1) is 11.5. The molecule has 130 valence electrons. The first-order valence-electron chi connectivity index (χ1n) is 8.19. The minimum atomic E-state index is -0.355. The summed E-state index contributed by atoms with van der Waals surface area (Å²) < 4.78 is 4.54. The third kappa shape index (κ3) is 2.56. The van der Waals surface area contributed by atoms with E-state index < -0.39 is 0 Å². The van der Waals surface area contributed by atoms with E-state index >= 15 is 0 Å². The number of aromatic nitrogens is 4. The van der Waals surface area contributed by atoms with Crippen molar-refractivity contribution >= 4 is 17.1 Å². The zero-order chi connectivity index (χ0) is 17.4. The van der Waals surface area contributed by atoms with Gasteiger partial charge in [-0.3, -0.25) is 13.9 Å². The first-order valence-corrected chi connectivity index (χ1v) is 8.19. The summed E-state index contributed by atoms with van der Waals surface area (Å²) in [7, 11) is 3.17. The Hall–Kier alpha value is -2.35. The standard InChI is InChI=1S/C16H24N6O2/c1-5-11(2)10-22-12-13(19(3)16(24)20(4)14(12)23)18-15(22)21-8-6-17-7-9-21/h5,17H,6-10H2,1-4H3. The molecule has 0 aliphatic carbocycles. The van der Waals surface area contributed by atoms with Gasteiger partial charge >= 0.3 is 5.69 Å². The van der Waals surface area contributed by atoms with Crippen LogP contribution in [0.25, 0.3) is 11.2 Å². The number of rotatable bonds is 3. The minimum absolute atomic E-state index is 0.300. The molecule has 0 atom stereocenters. The average molecular weight is 332 g/mol. The smallest absolute Gasteiger partial charge is 0.332 e. The maximum Gasteiger partial charge on any atom is 0.332 e. The van der Waals surface area contributed by atoms with Crippen LogP contribution in [0.2, 0.25) is 0 Å². The number of nitrogens with one attached hydrogen (secondary N) is 1. The molecule has 0 amide bonds. The van der Waals surface area contributed by atoms with E-state index in [1.807, 2.05) is 24.5 Å². The van der Waals surface area contributed by atoms with Crippen LogP contribution in [-0.2, 0) is 20.6 Å². The van der Waals surface area contributed by atoms with E-state index in [0.29, 0.717) is 17.7 Å². The van der Waals surface area contributed by atoms with Crippen molar-refractivity contribution in [2.75, 3.05) is 31.1 Å². The molecule has 2 aromatic heterocycles. The molecule has 24 heavy (non-hydrogen) atoms. The number of fused-ring (bicyclic) bond motifs is 1. The fourth-order valence-electron chi connectivity index (χ4n) is 3.03. The van der Waals surface area contributed by atoms with Crippen molar-refractivity contribution in [2.45, 2.75) is 20.4 Å². The average Bonchev–Trinajstić information content (AvgIpc) is 2.98. The molecular weight excluding hydrogens is 308 g/mol. The Morgan fingerprint density at radius 2 is 1.88 bits per heavy atom. The van der Waals surface area contributed by atoms with Crippen LogP contribution in [0.15, 0.2) is 21.2 Å². The number of piperazine rings is 1. The summed E-state index contributed by atoms with van der Waals surface area (Å²) in [5, 5.41) is 3.32. The Morgan fingerprint density at radius 3 is 2.50 bits per heavy atom. The van der Waals surface area contributed by atoms with Gasteiger partial charge in [-0.1, -0.05) is 11.6 Å². The Bertz CT molecular complexity index is 911. The molecule has 1 aliphatic rings. The molecule has 8 heteroatoms. The van der Waals surface area contributed by atoms with Crippen molar-refractivity contribution in [3.05, 3.63) is 32.5 Å². The van der Waals surface area contributed by atoms with E-state index in [1.165, 1.54) is 11.6 Å². The lowest BCUT2D eigenvalue weighted by Crippen LogP contribution is -2.44. The molecular formula is C16H24N6O2. The molecule has 1 aliphatic heterocycles. The van der Waals surface area contributed by atoms with Crippen molar-refractivity contribution in [3.8, 4) is 0 Å². The van der Waals surface area contributed by atoms with Gasteiger partial charge in [-0.05, 0) is 13.8 Å². The quantitative estimate of drug-likeness (QED) is 0.789. The normalized spacial score (nSPS) is 16.2. The van der Waals surface area contributed by atoms with Crippen molar-refractivity contribution in [1.82, 2.24) is 24.0 Å². The lowest BCUT2D eigenvalue weighted by molar-refractivity contribution is 0.571. The summed E-state index contributed by atoms with van der Waals surface area (Å²) in [6.45, 7) is 8.00. The number of aryl methyl sites for hydroxylation is 1. The highest BCUT2D eigenvalue weighted by Crippen LogP contribution is 2.21. The molecule has 0 saturated carbocycles. The molecule has 1 saturated heterocycles. The summed E-state index contributed by atoms with van der Waals surface area (Å²) in [6.07, 6.45) is 2.03. The van der Waals surface area contributed by atoms with Gasteiger partial charge in [-0.15, -0.1) is 0 Å². The lowest BCUT2D eigenvalue weighted by Gasteiger charge is -2.28. The molecule has 1 fully saturated rings. The highest BCUT2D eigenvalue weighted by molar-refractivity contribution is 5.74. The molecule has 1 N–H and O–H groups in total. The summed E-state index contributed by atoms with van der Waals surface area (Å²) in [5.74, 6) is 0.756. The van der Waals surface area contributed by atoms with Gasteiger partial charge in [0.25, 0.3) is 5.56 Å². The third-order valence-electron chi connectivity index (χ3n) is 4.63. The van der Waals surface area contributed by atoms with Crippen LogP contribution in [0.1, 0.15) is 13.8 Å². The second kappa shape index (κ2) is 6.27. The second-order valence-corrected chi connectivity index (χ2v) is 6.25. The first kappa shape index (κ1) is 16.5. The molecule has 0 bridgehead atoms. The maximum absolute atomic E-state index is 12.7. The fourth-order valence-corrected chi connectivity index (χ4v) is 3.03. The predicted molar refractivity (Wildman–Crippen MR) is 94.7 cm³/mol. The van der Waals surface area contributed by atoms with Crippen molar-refractivity contribution in [3.63, 3.8) is 0 Å². The number of hydrogen-bond acceptors (Lipinski definition) is 5. The van der Waals surface area contributed by atoms with Gasteiger partial charge in [-0.2, -0.15) is 4.98 Å². The highest BCUT2D eigenvalue weighted by Gasteiger charge is 2.23. The Morgan fingerprint density at radius 1 is 1.21 bits per heavy atom. The van der Waals surface area contributed by atoms with Crippen LogP contribution in [0, 0.1) is 0 Å². The number of nitrogens with zero attached hydrogens (tertiary/aromatic N) is 5. The van der Waals surface area contributed by atoms with E-state index in [2.05, 4.69) is 15.2 Å². The van der Waals surface area contributed by atoms with E-state index in [1.54, 1.807) is 7.05 Å². The van der Waals surface area contributed by atoms with E-state index in [4.69, 9.17) is 0 Å². The Kier molecular flexibility index (Phi) is 4.31. The topological polar surface area (TPSA) is 77.1 Å². The van der Waals surface area contributed by atoms with Gasteiger partial charge in [-0.25, -0.2) is 4.79 Å². The van der Waals surface area contributed by atoms with E-state index in [-0.39, 0.29) is 11.2 Å². The minimum Gasteiger partial charge on any atom is -0.340 e. The number of anilines is 1. The highest BCUT2D eigenvalue weighted by atomic mass is 16.2. The van der Waals surface area contributed by atoms with Crippen LogP contribution in [0.4, 0.5) is 5.95 Å². The van der Waals surface area contributed by atoms with Crippen LogP contribution >= 0.6 is 0 Å². The summed E-state index contributed by atoms with van der Waals surface area (Å²) in [6, 6.07) is 0. The van der Waals surface area contributed by atoms with Gasteiger partial charge in [0.15, 0.2) is 11.2 Å². The molecule has 2 aromatic rings. The zero-order valence-electron chi connectivity index (χ0n) is 14.7. The largest absolute Gasteiger partial charge is 0.340 e. The van der Waals surface area contributed by atoms with Gasteiger partial charge in [0.2, 0.25) is 5.95 Å². The maximum atomic E-state index is 12.7. The van der Waals surface area contributed by atoms with E-state index in [9.17, 15) is 9.59 Å². The van der Waals surface area contributed by atoms with Crippen LogP contribution in [0.3, 0.4) is 0 Å². The molecule has 3 rings (SSSR count). The van der Waals surface area contributed by atoms with Crippen LogP contribution in [0.5, 0.6) is 0 Å². The van der Waals surface area contributed by atoms with Crippen molar-refractivity contribution in [2.24, 2.45) is 14.1 Å². The summed E-state index contributed by atoms with van der Waals surface area (Å²) in [4.78, 5) is 31.8. The summed E-state index contributed by atoms with van der Waals surface area (Å²) >= 11 is 0. The molecule has 8 nitrogen and oxygen atoms in total. The van der Waals surface area contributed by atoms with Gasteiger partial charge in [0, 0.05) is 46.8 Å². The van der Waals surface area contributed by atoms with Gasteiger partial charge < -0.3 is 14.8 Å². The molecule has 0 spiro atoms. The Labute approximate surface area is 140 Å². The SMILES string of the molecule is CC=C(C)Cn1c(N2CCNCC2)nc2c1c(=O)n(C)c(=O)n2C. The van der Waals surface area contributed by atoms with Crippen molar-refractivity contribution in [1.29, 1.82) is 0 Å². The zero-order valence-corrected chi connectivity index (χ0v) is 14.7. The van der Waals surface area contributed by atoms with Gasteiger partial charge in [0.1, 0.15) is 0 Å². The fraction of sp³-hybridized carbons (Fsp3) is 0.562. The van der Waals surface area contributed by atoms with Gasteiger partial charge in [0.05, 0.1) is 0 Å². The summed E-state index contributed by atoms with van der Waals surface area (Å²) in [5.41, 5.74) is 1.41. The number of allylic oxidation sites excluding steroid dienone is 2. The van der Waals surface area contributed by atoms with E-state index in [0.717, 1.165) is 42.3 Å². The third-order valence-corrected chi connectivity index (χ3v) is 4.63. The monoisotopic (exact) mass is 332 g/mol. The molecule has 3 heterocycles. The molecule has 0 aromatic carbocycles. The van der Waals surface area contributed by atoms with Crippen LogP contribution in [-0.4, -0.2) is 44.9 Å². The number of imidazole rings is 1. The van der Waals surface area contributed by atoms with Crippen molar-refractivity contribution < 1.29 is 0 Å². The number of hydrogen-bond donors (Lipinski definition) is 1. The molecule has 0 unspecified atom stereocenters. The van der Waals surface area contributed by atoms with Crippen LogP contribution < -0.4 is 21.5 Å².